The van der Waals surface area contributed by atoms with E-state index in [9.17, 15) is 21.6 Å². The van der Waals surface area contributed by atoms with Gasteiger partial charge in [0.15, 0.2) is 0 Å². The summed E-state index contributed by atoms with van der Waals surface area (Å²) >= 11 is 0. The zero-order valence-corrected chi connectivity index (χ0v) is 11.9. The fourth-order valence-corrected chi connectivity index (χ4v) is 3.58. The molecule has 0 spiro atoms. The Labute approximate surface area is 125 Å². The van der Waals surface area contributed by atoms with Gasteiger partial charge in [0, 0.05) is 0 Å². The van der Waals surface area contributed by atoms with E-state index >= 15 is 0 Å². The van der Waals surface area contributed by atoms with Gasteiger partial charge in [-0.3, -0.25) is 0 Å². The zero-order valence-electron chi connectivity index (χ0n) is 11.1. The van der Waals surface area contributed by atoms with Crippen molar-refractivity contribution in [3.05, 3.63) is 59.7 Å². The van der Waals surface area contributed by atoms with E-state index in [0.29, 0.717) is 5.69 Å². The number of fused-ring (bicyclic) bond motifs is 1. The van der Waals surface area contributed by atoms with Gasteiger partial charge in [-0.25, -0.2) is 8.42 Å². The number of alkyl halides is 3. The second kappa shape index (κ2) is 4.99. The maximum atomic E-state index is 12.8. The molecular weight excluding hydrogens is 317 g/mol. The molecule has 1 aliphatic rings. The molecule has 1 aliphatic heterocycles. The van der Waals surface area contributed by atoms with Gasteiger partial charge in [-0.2, -0.15) is 17.9 Å². The first kappa shape index (κ1) is 14.9. The van der Waals surface area contributed by atoms with Gasteiger partial charge < -0.3 is 5.32 Å². The predicted octanol–water partition coefficient (Wildman–Crippen LogP) is 3.11. The van der Waals surface area contributed by atoms with Crippen molar-refractivity contribution in [2.75, 3.05) is 5.32 Å². The fourth-order valence-electron chi connectivity index (χ4n) is 2.27. The maximum Gasteiger partial charge on any atom is 0.416 e. The summed E-state index contributed by atoms with van der Waals surface area (Å²) in [6.45, 7) is 0. The third-order valence-corrected chi connectivity index (χ3v) is 4.78. The average molecular weight is 328 g/mol. The van der Waals surface area contributed by atoms with Gasteiger partial charge >= 0.3 is 6.18 Å². The molecule has 1 atom stereocenters. The molecule has 0 radical (unpaired) electrons. The normalized spacial score (nSPS) is 20.0. The third-order valence-electron chi connectivity index (χ3n) is 3.30. The highest BCUT2D eigenvalue weighted by atomic mass is 32.2. The van der Waals surface area contributed by atoms with Crippen molar-refractivity contribution in [3.63, 3.8) is 0 Å². The number of para-hydroxylation sites is 1. The molecule has 2 aromatic carbocycles. The number of nitrogens with one attached hydrogen (secondary N) is 2. The molecule has 3 rings (SSSR count). The lowest BCUT2D eigenvalue weighted by atomic mass is 10.1. The Morgan fingerprint density at radius 1 is 1.00 bits per heavy atom. The third kappa shape index (κ3) is 2.67. The molecule has 0 aliphatic carbocycles. The van der Waals surface area contributed by atoms with E-state index in [1.165, 1.54) is 18.2 Å². The molecular formula is C14H11F3N2O2S. The summed E-state index contributed by atoms with van der Waals surface area (Å²) < 4.78 is 65.0. The molecule has 8 heteroatoms. The number of hydrogen-bond donors (Lipinski definition) is 2. The summed E-state index contributed by atoms with van der Waals surface area (Å²) in [5, 5.41) is 2.89. The fraction of sp³-hybridized carbons (Fsp3) is 0.143. The summed E-state index contributed by atoms with van der Waals surface area (Å²) in [5.41, 5.74) is -0.290. The monoisotopic (exact) mass is 328 g/mol. The van der Waals surface area contributed by atoms with Crippen LogP contribution in [0.4, 0.5) is 18.9 Å². The largest absolute Gasteiger partial charge is 0.416 e. The van der Waals surface area contributed by atoms with Crippen LogP contribution in [-0.4, -0.2) is 8.42 Å². The van der Waals surface area contributed by atoms with Crippen molar-refractivity contribution in [2.24, 2.45) is 0 Å². The van der Waals surface area contributed by atoms with E-state index in [1.54, 1.807) is 18.2 Å². The Morgan fingerprint density at radius 3 is 2.45 bits per heavy atom. The topological polar surface area (TPSA) is 58.2 Å². The standard InChI is InChI=1S/C14H11F3N2O2S/c15-14(16,17)10-5-3-4-9(8-10)13-18-11-6-1-2-7-12(11)22(20,21)19-13/h1-8,13,18-19H/t13-/m0/s1. The van der Waals surface area contributed by atoms with Crippen molar-refractivity contribution in [1.82, 2.24) is 4.72 Å². The van der Waals surface area contributed by atoms with E-state index in [2.05, 4.69) is 10.0 Å². The Hall–Kier alpha value is -2.06. The smallest absolute Gasteiger partial charge is 0.364 e. The van der Waals surface area contributed by atoms with Crippen LogP contribution in [0.5, 0.6) is 0 Å². The summed E-state index contributed by atoms with van der Waals surface area (Å²) in [6, 6.07) is 10.8. The first-order valence-corrected chi connectivity index (χ1v) is 7.81. The summed E-state index contributed by atoms with van der Waals surface area (Å²) in [4.78, 5) is 0.0678. The lowest BCUT2D eigenvalue weighted by Gasteiger charge is -2.28. The van der Waals surface area contributed by atoms with Crippen LogP contribution in [0, 0.1) is 0 Å². The van der Waals surface area contributed by atoms with E-state index in [4.69, 9.17) is 0 Å². The minimum atomic E-state index is -4.48. The number of benzene rings is 2. The van der Waals surface area contributed by atoms with Crippen molar-refractivity contribution in [1.29, 1.82) is 0 Å². The van der Waals surface area contributed by atoms with Crippen molar-refractivity contribution >= 4 is 15.7 Å². The summed E-state index contributed by atoms with van der Waals surface area (Å²) in [5.74, 6) is 0. The Kier molecular flexibility index (Phi) is 3.37. The Bertz CT molecular complexity index is 819. The first-order chi connectivity index (χ1) is 10.3. The van der Waals surface area contributed by atoms with Gasteiger partial charge in [-0.05, 0) is 29.8 Å². The van der Waals surface area contributed by atoms with Crippen LogP contribution in [0.1, 0.15) is 17.3 Å². The molecule has 0 fully saturated rings. The van der Waals surface area contributed by atoms with Gasteiger partial charge in [0.2, 0.25) is 10.0 Å². The van der Waals surface area contributed by atoms with Crippen molar-refractivity contribution < 1.29 is 21.6 Å². The second-order valence-electron chi connectivity index (χ2n) is 4.82. The molecule has 0 unspecified atom stereocenters. The minimum Gasteiger partial charge on any atom is -0.364 e. The molecule has 0 amide bonds. The molecule has 2 N–H and O–H groups in total. The summed E-state index contributed by atoms with van der Waals surface area (Å²) in [6.07, 6.45) is -5.44. The Morgan fingerprint density at radius 2 is 1.73 bits per heavy atom. The van der Waals surface area contributed by atoms with E-state index in [1.807, 2.05) is 0 Å². The van der Waals surface area contributed by atoms with E-state index in [-0.39, 0.29) is 10.5 Å². The Balaban J connectivity index is 2.02. The van der Waals surface area contributed by atoms with E-state index in [0.717, 1.165) is 12.1 Å². The second-order valence-corrected chi connectivity index (χ2v) is 6.50. The first-order valence-electron chi connectivity index (χ1n) is 6.32. The zero-order chi connectivity index (χ0) is 16.0. The molecule has 0 aromatic heterocycles. The lowest BCUT2D eigenvalue weighted by molar-refractivity contribution is -0.137. The van der Waals surface area contributed by atoms with Crippen LogP contribution in [-0.2, 0) is 16.2 Å². The van der Waals surface area contributed by atoms with Gasteiger partial charge in [0.25, 0.3) is 0 Å². The van der Waals surface area contributed by atoms with Crippen LogP contribution in [0.3, 0.4) is 0 Å². The highest BCUT2D eigenvalue weighted by Gasteiger charge is 2.33. The number of halogens is 3. The van der Waals surface area contributed by atoms with Crippen molar-refractivity contribution in [3.8, 4) is 0 Å². The van der Waals surface area contributed by atoms with Crippen LogP contribution < -0.4 is 10.0 Å². The van der Waals surface area contributed by atoms with Crippen LogP contribution in [0.2, 0.25) is 0 Å². The van der Waals surface area contributed by atoms with E-state index < -0.39 is 27.9 Å². The molecule has 116 valence electrons. The van der Waals surface area contributed by atoms with Gasteiger partial charge in [-0.1, -0.05) is 24.3 Å². The molecule has 0 bridgehead atoms. The van der Waals surface area contributed by atoms with Gasteiger partial charge in [0.05, 0.1) is 11.3 Å². The van der Waals surface area contributed by atoms with Crippen molar-refractivity contribution in [2.45, 2.75) is 17.2 Å². The summed E-state index contributed by atoms with van der Waals surface area (Å²) in [7, 11) is -3.78. The number of anilines is 1. The van der Waals surface area contributed by atoms with Crippen LogP contribution in [0.15, 0.2) is 53.4 Å². The molecule has 2 aromatic rings. The van der Waals surface area contributed by atoms with Crippen LogP contribution in [0.25, 0.3) is 0 Å². The van der Waals surface area contributed by atoms with Gasteiger partial charge in [0.1, 0.15) is 11.1 Å². The molecule has 1 heterocycles. The highest BCUT2D eigenvalue weighted by molar-refractivity contribution is 7.89. The quantitative estimate of drug-likeness (QED) is 0.846. The number of sulfonamides is 1. The molecule has 4 nitrogen and oxygen atoms in total. The number of rotatable bonds is 1. The lowest BCUT2D eigenvalue weighted by Crippen LogP contribution is -2.38. The van der Waals surface area contributed by atoms with Gasteiger partial charge in [-0.15, -0.1) is 0 Å². The SMILES string of the molecule is O=S1(=O)N[C@@H](c2cccc(C(F)(F)F)c2)Nc2ccccc21. The number of hydrogen-bond acceptors (Lipinski definition) is 3. The maximum absolute atomic E-state index is 12.8. The molecule has 0 saturated heterocycles. The molecule has 0 saturated carbocycles. The minimum absolute atomic E-state index is 0.0678. The highest BCUT2D eigenvalue weighted by Crippen LogP contribution is 2.34. The average Bonchev–Trinajstić information content (AvgIpc) is 2.46. The molecule has 22 heavy (non-hydrogen) atoms. The van der Waals surface area contributed by atoms with Crippen LogP contribution >= 0.6 is 0 Å². The predicted molar refractivity (Wildman–Crippen MR) is 74.6 cm³/mol.